The molecule has 0 aromatic heterocycles. The summed E-state index contributed by atoms with van der Waals surface area (Å²) in [6.07, 6.45) is -0.00482. The van der Waals surface area contributed by atoms with E-state index >= 15 is 0 Å². The number of hydrogen-bond donors (Lipinski definition) is 2. The van der Waals surface area contributed by atoms with E-state index in [0.29, 0.717) is 12.2 Å². The highest BCUT2D eigenvalue weighted by molar-refractivity contribution is 6.07. The van der Waals surface area contributed by atoms with Crippen LogP contribution in [0.1, 0.15) is 28.9 Å². The van der Waals surface area contributed by atoms with Crippen LogP contribution in [0.25, 0.3) is 0 Å². The zero-order valence-corrected chi connectivity index (χ0v) is 10.8. The second kappa shape index (κ2) is 5.95. The molecule has 1 aliphatic rings. The molecule has 2 rings (SSSR count). The minimum absolute atomic E-state index is 0.00482. The molecule has 1 heterocycles. The second-order valence-corrected chi connectivity index (χ2v) is 4.61. The number of carbonyl (C=O) groups excluding carboxylic acids is 1. The van der Waals surface area contributed by atoms with Gasteiger partial charge in [-0.05, 0) is 12.5 Å². The van der Waals surface area contributed by atoms with Gasteiger partial charge in [0.1, 0.15) is 5.92 Å². The quantitative estimate of drug-likeness (QED) is 0.631. The number of aliphatic carboxylic acids is 1. The molecule has 0 radical (unpaired) electrons. The zero-order chi connectivity index (χ0) is 13.8. The van der Waals surface area contributed by atoms with E-state index in [1.807, 2.05) is 12.1 Å². The molecule has 1 aliphatic heterocycles. The predicted octanol–water partition coefficient (Wildman–Crippen LogP) is 1.25. The summed E-state index contributed by atoms with van der Waals surface area (Å²) >= 11 is 0. The van der Waals surface area contributed by atoms with E-state index < -0.39 is 11.9 Å². The molecule has 0 spiro atoms. The SMILES string of the molecule is CC(C(=O)O)C(=O)c1ccc(C2CNCCO2)cc1. The third kappa shape index (κ3) is 3.19. The lowest BCUT2D eigenvalue weighted by atomic mass is 9.97. The molecule has 19 heavy (non-hydrogen) atoms. The Bertz CT molecular complexity index is 463. The van der Waals surface area contributed by atoms with Crippen molar-refractivity contribution in [3.05, 3.63) is 35.4 Å². The van der Waals surface area contributed by atoms with E-state index in [1.165, 1.54) is 6.92 Å². The van der Waals surface area contributed by atoms with Crippen LogP contribution in [-0.4, -0.2) is 36.6 Å². The monoisotopic (exact) mass is 263 g/mol. The highest BCUT2D eigenvalue weighted by Crippen LogP contribution is 2.20. The molecular weight excluding hydrogens is 246 g/mol. The Hall–Kier alpha value is -1.72. The van der Waals surface area contributed by atoms with Crippen molar-refractivity contribution in [1.82, 2.24) is 5.32 Å². The lowest BCUT2D eigenvalue weighted by Crippen LogP contribution is -2.33. The summed E-state index contributed by atoms with van der Waals surface area (Å²) in [6.45, 7) is 3.66. The van der Waals surface area contributed by atoms with Gasteiger partial charge in [-0.1, -0.05) is 24.3 Å². The fourth-order valence-corrected chi connectivity index (χ4v) is 2.00. The van der Waals surface area contributed by atoms with Crippen molar-refractivity contribution >= 4 is 11.8 Å². The van der Waals surface area contributed by atoms with Crippen LogP contribution in [0.4, 0.5) is 0 Å². The van der Waals surface area contributed by atoms with Gasteiger partial charge in [0.25, 0.3) is 0 Å². The molecule has 0 bridgehead atoms. The summed E-state index contributed by atoms with van der Waals surface area (Å²) in [5.41, 5.74) is 1.41. The third-order valence-electron chi connectivity index (χ3n) is 3.26. The van der Waals surface area contributed by atoms with E-state index in [9.17, 15) is 9.59 Å². The lowest BCUT2D eigenvalue weighted by molar-refractivity contribution is -0.139. The van der Waals surface area contributed by atoms with Crippen molar-refractivity contribution < 1.29 is 19.4 Å². The number of carboxylic acids is 1. The van der Waals surface area contributed by atoms with Crippen molar-refractivity contribution in [3.63, 3.8) is 0 Å². The van der Waals surface area contributed by atoms with Gasteiger partial charge in [0.15, 0.2) is 5.78 Å². The fourth-order valence-electron chi connectivity index (χ4n) is 2.00. The summed E-state index contributed by atoms with van der Waals surface area (Å²) in [4.78, 5) is 22.6. The molecule has 102 valence electrons. The molecule has 1 aromatic carbocycles. The van der Waals surface area contributed by atoms with Gasteiger partial charge in [0, 0.05) is 18.7 Å². The van der Waals surface area contributed by atoms with Crippen molar-refractivity contribution in [2.75, 3.05) is 19.7 Å². The Morgan fingerprint density at radius 2 is 2.05 bits per heavy atom. The summed E-state index contributed by atoms with van der Waals surface area (Å²) in [6, 6.07) is 6.96. The van der Waals surface area contributed by atoms with E-state index in [0.717, 1.165) is 18.7 Å². The van der Waals surface area contributed by atoms with Gasteiger partial charge in [0.2, 0.25) is 0 Å². The van der Waals surface area contributed by atoms with Crippen molar-refractivity contribution in [3.8, 4) is 0 Å². The number of carbonyl (C=O) groups is 2. The van der Waals surface area contributed by atoms with Gasteiger partial charge in [-0.15, -0.1) is 0 Å². The van der Waals surface area contributed by atoms with Gasteiger partial charge in [-0.25, -0.2) is 0 Å². The average molecular weight is 263 g/mol. The Morgan fingerprint density at radius 1 is 1.37 bits per heavy atom. The minimum Gasteiger partial charge on any atom is -0.481 e. The number of morpholine rings is 1. The summed E-state index contributed by atoms with van der Waals surface area (Å²) in [7, 11) is 0. The molecular formula is C14H17NO4. The molecule has 2 atom stereocenters. The molecule has 0 saturated carbocycles. The number of hydrogen-bond acceptors (Lipinski definition) is 4. The highest BCUT2D eigenvalue weighted by atomic mass is 16.5. The van der Waals surface area contributed by atoms with Crippen LogP contribution in [0.2, 0.25) is 0 Å². The molecule has 1 saturated heterocycles. The molecule has 0 aliphatic carbocycles. The van der Waals surface area contributed by atoms with E-state index in [-0.39, 0.29) is 11.9 Å². The number of ketones is 1. The maximum Gasteiger partial charge on any atom is 0.314 e. The number of nitrogens with one attached hydrogen (secondary N) is 1. The van der Waals surface area contributed by atoms with Crippen molar-refractivity contribution in [2.24, 2.45) is 5.92 Å². The first-order chi connectivity index (χ1) is 9.09. The lowest BCUT2D eigenvalue weighted by Gasteiger charge is -2.24. The highest BCUT2D eigenvalue weighted by Gasteiger charge is 2.22. The zero-order valence-electron chi connectivity index (χ0n) is 10.8. The van der Waals surface area contributed by atoms with Crippen molar-refractivity contribution in [2.45, 2.75) is 13.0 Å². The summed E-state index contributed by atoms with van der Waals surface area (Å²) < 4.78 is 5.61. The van der Waals surface area contributed by atoms with Crippen LogP contribution in [-0.2, 0) is 9.53 Å². The maximum atomic E-state index is 11.8. The second-order valence-electron chi connectivity index (χ2n) is 4.61. The molecule has 5 heteroatoms. The number of Topliss-reactive ketones (excluding diaryl/α,β-unsaturated/α-hetero) is 1. The maximum absolute atomic E-state index is 11.8. The van der Waals surface area contributed by atoms with E-state index in [2.05, 4.69) is 5.32 Å². The molecule has 1 fully saturated rings. The molecule has 0 amide bonds. The molecule has 2 N–H and O–H groups in total. The number of carboxylic acid groups (broad SMARTS) is 1. The summed E-state index contributed by atoms with van der Waals surface area (Å²) in [5.74, 6) is -2.49. The molecule has 2 unspecified atom stereocenters. The largest absolute Gasteiger partial charge is 0.481 e. The topological polar surface area (TPSA) is 75.6 Å². The van der Waals surface area contributed by atoms with Gasteiger partial charge >= 0.3 is 5.97 Å². The molecule has 1 aromatic rings. The smallest absolute Gasteiger partial charge is 0.314 e. The standard InChI is InChI=1S/C14H17NO4/c1-9(14(17)18)13(16)11-4-2-10(3-5-11)12-8-15-6-7-19-12/h2-5,9,12,15H,6-8H2,1H3,(H,17,18). The summed E-state index contributed by atoms with van der Waals surface area (Å²) in [5, 5.41) is 12.1. The normalized spacial score (nSPS) is 20.8. The number of ether oxygens (including phenoxy) is 1. The van der Waals surface area contributed by atoms with Crippen LogP contribution in [0.15, 0.2) is 24.3 Å². The first-order valence-electron chi connectivity index (χ1n) is 6.29. The first kappa shape index (κ1) is 13.7. The van der Waals surface area contributed by atoms with E-state index in [4.69, 9.17) is 9.84 Å². The Balaban J connectivity index is 2.09. The van der Waals surface area contributed by atoms with Gasteiger partial charge in [-0.2, -0.15) is 0 Å². The first-order valence-corrected chi connectivity index (χ1v) is 6.29. The van der Waals surface area contributed by atoms with Crippen LogP contribution in [0.3, 0.4) is 0 Å². The fraction of sp³-hybridized carbons (Fsp3) is 0.429. The number of benzene rings is 1. The van der Waals surface area contributed by atoms with Gasteiger partial charge in [-0.3, -0.25) is 9.59 Å². The van der Waals surface area contributed by atoms with Crippen LogP contribution < -0.4 is 5.32 Å². The number of rotatable bonds is 4. The van der Waals surface area contributed by atoms with Crippen molar-refractivity contribution in [1.29, 1.82) is 0 Å². The van der Waals surface area contributed by atoms with Gasteiger partial charge < -0.3 is 15.2 Å². The average Bonchev–Trinajstić information content (AvgIpc) is 2.46. The Labute approximate surface area is 111 Å². The minimum atomic E-state index is -1.10. The Kier molecular flexibility index (Phi) is 4.29. The predicted molar refractivity (Wildman–Crippen MR) is 69.1 cm³/mol. The Morgan fingerprint density at radius 3 is 2.58 bits per heavy atom. The third-order valence-corrected chi connectivity index (χ3v) is 3.26. The van der Waals surface area contributed by atoms with Crippen LogP contribution in [0, 0.1) is 5.92 Å². The van der Waals surface area contributed by atoms with Crippen LogP contribution >= 0.6 is 0 Å². The molecule has 5 nitrogen and oxygen atoms in total. The van der Waals surface area contributed by atoms with E-state index in [1.54, 1.807) is 12.1 Å². The van der Waals surface area contributed by atoms with Crippen LogP contribution in [0.5, 0.6) is 0 Å². The van der Waals surface area contributed by atoms with Gasteiger partial charge in [0.05, 0.1) is 12.7 Å².